The number of rotatable bonds is 1. The molecule has 0 fully saturated rings. The van der Waals surface area contributed by atoms with Gasteiger partial charge in [-0.1, -0.05) is 12.1 Å². The second-order valence-electron chi connectivity index (χ2n) is 4.71. The monoisotopic (exact) mass is 352 g/mol. The lowest BCUT2D eigenvalue weighted by Crippen LogP contribution is -2.35. The zero-order valence-electron chi connectivity index (χ0n) is 11.6. The van der Waals surface area contributed by atoms with Crippen LogP contribution in [0, 0.1) is 11.2 Å². The second kappa shape index (κ2) is 5.39. The summed E-state index contributed by atoms with van der Waals surface area (Å²) in [7, 11) is -3.56. The summed E-state index contributed by atoms with van der Waals surface area (Å²) < 4.78 is 35.7. The van der Waals surface area contributed by atoms with Crippen LogP contribution >= 0.6 is 11.8 Å². The highest BCUT2D eigenvalue weighted by molar-refractivity contribution is 8.42. The van der Waals surface area contributed by atoms with Gasteiger partial charge in [0.25, 0.3) is 5.91 Å². The van der Waals surface area contributed by atoms with Crippen molar-refractivity contribution in [1.82, 2.24) is 5.01 Å². The zero-order valence-corrected chi connectivity index (χ0v) is 13.3. The van der Waals surface area contributed by atoms with Crippen LogP contribution in [0.5, 0.6) is 0 Å². The topological polar surface area (TPSA) is 103 Å². The molecule has 0 saturated heterocycles. The minimum absolute atomic E-state index is 0.0247. The highest BCUT2D eigenvalue weighted by Gasteiger charge is 2.38. The number of halogens is 1. The molecule has 0 bridgehead atoms. The highest BCUT2D eigenvalue weighted by Crippen LogP contribution is 2.29. The predicted molar refractivity (Wildman–Crippen MR) is 86.3 cm³/mol. The fourth-order valence-electron chi connectivity index (χ4n) is 1.85. The van der Waals surface area contributed by atoms with Gasteiger partial charge >= 0.3 is 0 Å². The van der Waals surface area contributed by atoms with Crippen LogP contribution < -0.4 is 0 Å². The molecule has 7 nitrogen and oxygen atoms in total. The van der Waals surface area contributed by atoms with Gasteiger partial charge in [-0.25, -0.2) is 12.8 Å². The zero-order chi connectivity index (χ0) is 16.8. The molecular formula is C13H9FN4O3S2. The normalized spacial score (nSPS) is 19.7. The number of sulfone groups is 1. The number of hydrogen-bond acceptors (Lipinski definition) is 6. The molecule has 1 aromatic carbocycles. The Hall–Kier alpha value is -2.33. The van der Waals surface area contributed by atoms with Crippen LogP contribution in [0.2, 0.25) is 0 Å². The Morgan fingerprint density at radius 1 is 1.30 bits per heavy atom. The van der Waals surface area contributed by atoms with E-state index in [0.717, 1.165) is 23.0 Å². The molecule has 0 saturated carbocycles. The van der Waals surface area contributed by atoms with Gasteiger partial charge in [0.15, 0.2) is 5.84 Å². The summed E-state index contributed by atoms with van der Waals surface area (Å²) in [6.45, 7) is 0. The van der Waals surface area contributed by atoms with Crippen LogP contribution in [0.15, 0.2) is 39.9 Å². The largest absolute Gasteiger partial charge is 0.283 e. The van der Waals surface area contributed by atoms with Crippen LogP contribution in [-0.2, 0) is 14.6 Å². The Balaban J connectivity index is 2.01. The van der Waals surface area contributed by atoms with Crippen molar-refractivity contribution in [3.8, 4) is 0 Å². The van der Waals surface area contributed by atoms with E-state index < -0.39 is 21.6 Å². The maximum Gasteiger partial charge on any atom is 0.283 e. The molecule has 23 heavy (non-hydrogen) atoms. The molecule has 1 N–H and O–H groups in total. The van der Waals surface area contributed by atoms with Gasteiger partial charge in [-0.3, -0.25) is 10.2 Å². The Labute approximate surface area is 135 Å². The molecule has 2 aliphatic heterocycles. The lowest BCUT2D eigenvalue weighted by Gasteiger charge is -2.20. The number of aliphatic imine (C=N–C) groups is 1. The fourth-order valence-corrected chi connectivity index (χ4v) is 3.53. The van der Waals surface area contributed by atoms with E-state index in [1.165, 1.54) is 30.3 Å². The molecule has 0 spiro atoms. The van der Waals surface area contributed by atoms with Gasteiger partial charge in [-0.2, -0.15) is 10.0 Å². The van der Waals surface area contributed by atoms with Crippen LogP contribution in [0.25, 0.3) is 6.08 Å². The number of carbonyl (C=O) groups is 1. The number of carbonyl (C=O) groups excluding carboxylic acids is 1. The van der Waals surface area contributed by atoms with E-state index in [9.17, 15) is 17.6 Å². The molecule has 118 valence electrons. The molecule has 0 aliphatic carbocycles. The number of amidine groups is 2. The number of nitrogens with one attached hydrogen (secondary N) is 1. The summed E-state index contributed by atoms with van der Waals surface area (Å²) in [6.07, 6.45) is 2.36. The van der Waals surface area contributed by atoms with Crippen LogP contribution in [-0.4, -0.2) is 41.0 Å². The van der Waals surface area contributed by atoms with E-state index in [2.05, 4.69) is 10.1 Å². The first-order valence-corrected chi connectivity index (χ1v) is 8.92. The number of thioether (sulfide) groups is 1. The summed E-state index contributed by atoms with van der Waals surface area (Å²) in [4.78, 5) is 15.8. The van der Waals surface area contributed by atoms with Gasteiger partial charge < -0.3 is 0 Å². The maximum atomic E-state index is 12.9. The number of hydrazone groups is 1. The standard InChI is InChI=1S/C13H9FN4O3S2/c1-23(20,21)13-17-18-10(15)9(11(19)16-12(18)22-13)6-7-2-4-8(14)5-3-7/h2-6,15H,1H3/b9-6-,15-10?. The quantitative estimate of drug-likeness (QED) is 0.771. The first-order chi connectivity index (χ1) is 10.8. The minimum atomic E-state index is -3.56. The predicted octanol–water partition coefficient (Wildman–Crippen LogP) is 1.45. The van der Waals surface area contributed by atoms with Gasteiger partial charge in [-0.05, 0) is 35.5 Å². The van der Waals surface area contributed by atoms with Crippen molar-refractivity contribution < 1.29 is 17.6 Å². The molecule has 10 heteroatoms. The van der Waals surface area contributed by atoms with E-state index in [1.807, 2.05) is 0 Å². The third kappa shape index (κ3) is 2.94. The summed E-state index contributed by atoms with van der Waals surface area (Å²) in [6, 6.07) is 5.35. The first-order valence-electron chi connectivity index (χ1n) is 6.21. The minimum Gasteiger partial charge on any atom is -0.282 e. The number of hydrogen-bond donors (Lipinski definition) is 1. The molecule has 1 amide bonds. The third-order valence-electron chi connectivity index (χ3n) is 2.93. The van der Waals surface area contributed by atoms with E-state index in [-0.39, 0.29) is 21.0 Å². The summed E-state index contributed by atoms with van der Waals surface area (Å²) in [5, 5.41) is 12.9. The SMILES string of the molecule is CS(=O)(=O)C1=NN2C(=N)/C(=C/c3ccc(F)cc3)C(=O)N=C2S1. The number of nitrogens with zero attached hydrogens (tertiary/aromatic N) is 3. The Bertz CT molecular complexity index is 917. The van der Waals surface area contributed by atoms with Gasteiger partial charge in [0.05, 0.1) is 5.57 Å². The highest BCUT2D eigenvalue weighted by atomic mass is 32.3. The average molecular weight is 352 g/mol. The molecule has 0 aromatic heterocycles. The van der Waals surface area contributed by atoms with Crippen molar-refractivity contribution in [2.24, 2.45) is 10.1 Å². The molecule has 0 atom stereocenters. The molecule has 3 rings (SSSR count). The summed E-state index contributed by atoms with van der Waals surface area (Å²) in [5.74, 6) is -1.38. The Morgan fingerprint density at radius 3 is 2.57 bits per heavy atom. The number of fused-ring (bicyclic) bond motifs is 1. The lowest BCUT2D eigenvalue weighted by molar-refractivity contribution is -0.114. The molecule has 0 radical (unpaired) electrons. The van der Waals surface area contributed by atoms with Crippen molar-refractivity contribution in [3.05, 3.63) is 41.2 Å². The van der Waals surface area contributed by atoms with Crippen LogP contribution in [0.4, 0.5) is 4.39 Å². The van der Waals surface area contributed by atoms with Gasteiger partial charge in [-0.15, -0.1) is 5.10 Å². The van der Waals surface area contributed by atoms with Gasteiger partial charge in [0.1, 0.15) is 5.82 Å². The third-order valence-corrected chi connectivity index (χ3v) is 5.51. The molecule has 2 heterocycles. The van der Waals surface area contributed by atoms with E-state index in [0.29, 0.717) is 5.56 Å². The van der Waals surface area contributed by atoms with Crippen LogP contribution in [0.1, 0.15) is 5.56 Å². The number of benzene rings is 1. The van der Waals surface area contributed by atoms with Crippen LogP contribution in [0.3, 0.4) is 0 Å². The fraction of sp³-hybridized carbons (Fsp3) is 0.0769. The van der Waals surface area contributed by atoms with E-state index in [4.69, 9.17) is 5.41 Å². The van der Waals surface area contributed by atoms with Crippen molar-refractivity contribution in [2.75, 3.05) is 6.26 Å². The average Bonchev–Trinajstić information content (AvgIpc) is 2.89. The molecule has 0 unspecified atom stereocenters. The van der Waals surface area contributed by atoms with Crippen molar-refractivity contribution in [3.63, 3.8) is 0 Å². The van der Waals surface area contributed by atoms with Crippen molar-refractivity contribution in [1.29, 1.82) is 5.41 Å². The number of amides is 1. The smallest absolute Gasteiger partial charge is 0.282 e. The van der Waals surface area contributed by atoms with Crippen molar-refractivity contribution >= 4 is 49.0 Å². The summed E-state index contributed by atoms with van der Waals surface area (Å²) in [5.41, 5.74) is 0.455. The van der Waals surface area contributed by atoms with Gasteiger partial charge in [0.2, 0.25) is 19.4 Å². The molecule has 2 aliphatic rings. The van der Waals surface area contributed by atoms with Gasteiger partial charge in [0, 0.05) is 6.26 Å². The Morgan fingerprint density at radius 2 is 1.96 bits per heavy atom. The first kappa shape index (κ1) is 15.6. The second-order valence-corrected chi connectivity index (χ2v) is 7.86. The maximum absolute atomic E-state index is 12.9. The van der Waals surface area contributed by atoms with Crippen molar-refractivity contribution in [2.45, 2.75) is 0 Å². The molecular weight excluding hydrogens is 343 g/mol. The lowest BCUT2D eigenvalue weighted by atomic mass is 10.1. The van der Waals surface area contributed by atoms with E-state index >= 15 is 0 Å². The molecule has 1 aromatic rings. The van der Waals surface area contributed by atoms with E-state index in [1.54, 1.807) is 0 Å². The Kier molecular flexibility index (Phi) is 3.65. The summed E-state index contributed by atoms with van der Waals surface area (Å²) >= 11 is 0.719.